The molecule has 0 aliphatic carbocycles. The maximum Gasteiger partial charge on any atom is 0.0178 e. The second-order valence-electron chi connectivity index (χ2n) is 0.877. The van der Waals surface area contributed by atoms with Gasteiger partial charge in [-0.05, 0) is 6.42 Å². The highest BCUT2D eigenvalue weighted by Gasteiger charge is 1.95. The summed E-state index contributed by atoms with van der Waals surface area (Å²) in [6, 6.07) is 0. The van der Waals surface area contributed by atoms with Crippen LogP contribution in [0, 0.1) is 6.42 Å². The van der Waals surface area contributed by atoms with Crippen molar-refractivity contribution in [1.29, 1.82) is 0 Å². The molecule has 1 fully saturated rings. The molecule has 1 aliphatic rings. The van der Waals surface area contributed by atoms with Crippen LogP contribution < -0.4 is 5.32 Å². The molecule has 0 aromatic heterocycles. The fourth-order valence-electron chi connectivity index (χ4n) is 0.129. The Kier molecular flexibility index (Phi) is 0.401. The molecule has 1 heteroatoms. The van der Waals surface area contributed by atoms with E-state index in [-0.39, 0.29) is 0 Å². The van der Waals surface area contributed by atoms with Crippen LogP contribution in [0.5, 0.6) is 0 Å². The van der Waals surface area contributed by atoms with Gasteiger partial charge in [-0.3, -0.25) is 0 Å². The maximum absolute atomic E-state index is 3.86. The van der Waals surface area contributed by atoms with Crippen LogP contribution in [0.4, 0.5) is 0 Å². The van der Waals surface area contributed by atoms with Crippen molar-refractivity contribution in [3.8, 4) is 0 Å². The first kappa shape index (κ1) is 2.21. The summed E-state index contributed by atoms with van der Waals surface area (Å²) >= 11 is 0. The molecule has 0 N–H and O–H groups in total. The van der Waals surface area contributed by atoms with Crippen molar-refractivity contribution in [1.82, 2.24) is 5.32 Å². The molecular formula is C3H5N. The molecule has 0 spiro atoms. The van der Waals surface area contributed by atoms with E-state index >= 15 is 0 Å². The predicted octanol–water partition coefficient (Wildman–Crippen LogP) is -0.191. The Morgan fingerprint density at radius 1 is 1.50 bits per heavy atom. The smallest absolute Gasteiger partial charge is 0.0178 e. The van der Waals surface area contributed by atoms with Gasteiger partial charge in [-0.15, -0.1) is 0 Å². The van der Waals surface area contributed by atoms with E-state index in [2.05, 4.69) is 11.7 Å². The Morgan fingerprint density at radius 3 is 1.75 bits per heavy atom. The van der Waals surface area contributed by atoms with Crippen molar-refractivity contribution < 1.29 is 0 Å². The summed E-state index contributed by atoms with van der Waals surface area (Å²) in [7, 11) is 0. The van der Waals surface area contributed by atoms with E-state index in [0.29, 0.717) is 0 Å². The molecule has 1 nitrogen and oxygen atoms in total. The van der Waals surface area contributed by atoms with Crippen LogP contribution in [0.15, 0.2) is 0 Å². The quantitative estimate of drug-likeness (QED) is 0.364. The average Bonchev–Trinajstić information content (AvgIpc) is 0.722. The van der Waals surface area contributed by atoms with Crippen LogP contribution in [0.25, 0.3) is 0 Å². The van der Waals surface area contributed by atoms with Crippen molar-refractivity contribution in [2.24, 2.45) is 0 Å². The van der Waals surface area contributed by atoms with E-state index in [1.54, 1.807) is 0 Å². The molecule has 1 rings (SSSR count). The predicted molar refractivity (Wildman–Crippen MR) is 16.2 cm³/mol. The third kappa shape index (κ3) is 0.115. The Hall–Kier alpha value is -0.0400. The van der Waals surface area contributed by atoms with Gasteiger partial charge >= 0.3 is 0 Å². The summed E-state index contributed by atoms with van der Waals surface area (Å²) in [6.45, 7) is 2.00. The molecule has 0 aromatic carbocycles. The molecule has 0 bridgehead atoms. The van der Waals surface area contributed by atoms with Gasteiger partial charge in [0.1, 0.15) is 0 Å². The first-order valence-corrected chi connectivity index (χ1v) is 1.45. The molecule has 0 atom stereocenters. The standard InChI is InChI=1S/C3H5N/c1-2-4-3-1/h1H,2-3H2. The first-order chi connectivity index (χ1) is 2.00. The number of hydrogen-bond donors (Lipinski definition) is 0. The Balaban J connectivity index is 2.00. The van der Waals surface area contributed by atoms with E-state index in [0.717, 1.165) is 13.1 Å². The highest BCUT2D eigenvalue weighted by Crippen LogP contribution is 1.82. The fourth-order valence-corrected chi connectivity index (χ4v) is 0.129. The van der Waals surface area contributed by atoms with E-state index in [1.807, 2.05) is 0 Å². The lowest BCUT2D eigenvalue weighted by atomic mass is 10.3. The molecule has 4 heavy (non-hydrogen) atoms. The lowest BCUT2D eigenvalue weighted by Gasteiger charge is -2.06. The third-order valence-corrected chi connectivity index (χ3v) is 0.516. The largest absolute Gasteiger partial charge is 0.241 e. The fraction of sp³-hybridized carbons (Fsp3) is 0.667. The molecule has 1 aliphatic heterocycles. The third-order valence-electron chi connectivity index (χ3n) is 0.516. The van der Waals surface area contributed by atoms with Gasteiger partial charge in [-0.2, -0.15) is 0 Å². The van der Waals surface area contributed by atoms with Crippen LogP contribution in [0.3, 0.4) is 0 Å². The van der Waals surface area contributed by atoms with Crippen molar-refractivity contribution in [2.75, 3.05) is 13.1 Å². The number of nitrogens with zero attached hydrogens (tertiary/aromatic N) is 1. The van der Waals surface area contributed by atoms with Gasteiger partial charge in [0.2, 0.25) is 0 Å². The first-order valence-electron chi connectivity index (χ1n) is 1.45. The summed E-state index contributed by atoms with van der Waals surface area (Å²) in [6.07, 6.45) is 2.14. The zero-order chi connectivity index (χ0) is 2.83. The average molecular weight is 55.1 g/mol. The highest BCUT2D eigenvalue weighted by atomic mass is 14.9. The van der Waals surface area contributed by atoms with Crippen molar-refractivity contribution >= 4 is 0 Å². The topological polar surface area (TPSA) is 14.1 Å². The van der Waals surface area contributed by atoms with E-state index in [9.17, 15) is 0 Å². The van der Waals surface area contributed by atoms with E-state index in [4.69, 9.17) is 0 Å². The van der Waals surface area contributed by atoms with Gasteiger partial charge < -0.3 is 0 Å². The highest BCUT2D eigenvalue weighted by molar-refractivity contribution is 4.80. The van der Waals surface area contributed by atoms with Crippen LogP contribution in [-0.2, 0) is 0 Å². The molecule has 22 valence electrons. The lowest BCUT2D eigenvalue weighted by Crippen LogP contribution is -2.22. The van der Waals surface area contributed by atoms with Gasteiger partial charge in [0.05, 0.1) is 0 Å². The summed E-state index contributed by atoms with van der Waals surface area (Å²) < 4.78 is 0. The van der Waals surface area contributed by atoms with Crippen molar-refractivity contribution in [3.05, 3.63) is 6.42 Å². The maximum atomic E-state index is 3.86. The van der Waals surface area contributed by atoms with Gasteiger partial charge in [0.15, 0.2) is 0 Å². The monoisotopic (exact) mass is 55.0 g/mol. The molecule has 1 saturated heterocycles. The van der Waals surface area contributed by atoms with Crippen LogP contribution in [-0.4, -0.2) is 13.1 Å². The lowest BCUT2D eigenvalue weighted by molar-refractivity contribution is 0.644. The van der Waals surface area contributed by atoms with Crippen LogP contribution in [0.2, 0.25) is 0 Å². The summed E-state index contributed by atoms with van der Waals surface area (Å²) in [5.41, 5.74) is 0. The second kappa shape index (κ2) is 0.725. The summed E-state index contributed by atoms with van der Waals surface area (Å²) in [4.78, 5) is 0. The van der Waals surface area contributed by atoms with E-state index in [1.165, 1.54) is 0 Å². The van der Waals surface area contributed by atoms with Gasteiger partial charge in [0, 0.05) is 13.1 Å². The summed E-state index contributed by atoms with van der Waals surface area (Å²) in [5, 5.41) is 3.86. The van der Waals surface area contributed by atoms with E-state index < -0.39 is 0 Å². The minimum atomic E-state index is 1.00. The minimum absolute atomic E-state index is 1.00. The number of hydrogen-bond acceptors (Lipinski definition) is 0. The second-order valence-corrected chi connectivity index (χ2v) is 0.877. The minimum Gasteiger partial charge on any atom is -0.241 e. The molecule has 0 aromatic rings. The van der Waals surface area contributed by atoms with Gasteiger partial charge in [-0.1, -0.05) is 0 Å². The Labute approximate surface area is 26.0 Å². The normalized spacial score (nSPS) is 24.0. The molecule has 2 radical (unpaired) electrons. The van der Waals surface area contributed by atoms with Gasteiger partial charge in [-0.25, -0.2) is 5.32 Å². The van der Waals surface area contributed by atoms with Crippen LogP contribution >= 0.6 is 0 Å². The summed E-state index contributed by atoms with van der Waals surface area (Å²) in [5.74, 6) is 0. The molecule has 0 unspecified atom stereocenters. The Morgan fingerprint density at radius 2 is 1.75 bits per heavy atom. The Bertz CT molecular complexity index is 11.2. The molecular weight excluding hydrogens is 50.0 g/mol. The number of rotatable bonds is 0. The molecule has 1 heterocycles. The van der Waals surface area contributed by atoms with Gasteiger partial charge in [0.25, 0.3) is 0 Å². The van der Waals surface area contributed by atoms with Crippen molar-refractivity contribution in [2.45, 2.75) is 0 Å². The SMILES string of the molecule is [CH]1C[N]C1. The molecule has 0 saturated carbocycles. The van der Waals surface area contributed by atoms with Crippen molar-refractivity contribution in [3.63, 3.8) is 0 Å². The van der Waals surface area contributed by atoms with Crippen LogP contribution in [0.1, 0.15) is 0 Å². The molecule has 0 amide bonds. The zero-order valence-corrected chi connectivity index (χ0v) is 2.44. The zero-order valence-electron chi connectivity index (χ0n) is 2.44.